The molecule has 0 bridgehead atoms. The van der Waals surface area contributed by atoms with E-state index in [0.29, 0.717) is 0 Å². The quantitative estimate of drug-likeness (QED) is 0.587. The number of hydrogen-bond donors (Lipinski definition) is 0. The Bertz CT molecular complexity index is 177. The van der Waals surface area contributed by atoms with Crippen molar-refractivity contribution in [1.29, 1.82) is 0 Å². The van der Waals surface area contributed by atoms with Crippen LogP contribution in [-0.2, 0) is 26.6 Å². The van der Waals surface area contributed by atoms with Crippen molar-refractivity contribution in [2.24, 2.45) is 0 Å². The molecule has 0 unspecified atom stereocenters. The molecule has 7 heteroatoms. The average Bonchev–Trinajstić information content (AvgIpc) is 2.04. The van der Waals surface area contributed by atoms with Crippen LogP contribution in [0.15, 0.2) is 0 Å². The van der Waals surface area contributed by atoms with Crippen LogP contribution >= 0.6 is 18.8 Å². The van der Waals surface area contributed by atoms with Gasteiger partial charge in [-0.15, -0.1) is 0 Å². The summed E-state index contributed by atoms with van der Waals surface area (Å²) in [5.74, 6) is 0. The molecular formula is C8H20Cl2O4W. The maximum absolute atomic E-state index is 6.33. The monoisotopic (exact) mass is 434 g/mol. The van der Waals surface area contributed by atoms with Gasteiger partial charge in [-0.25, -0.2) is 0 Å². The molecule has 0 heterocycles. The van der Waals surface area contributed by atoms with Gasteiger partial charge in [-0.05, 0) is 0 Å². The van der Waals surface area contributed by atoms with E-state index in [-0.39, 0.29) is 26.4 Å². The summed E-state index contributed by atoms with van der Waals surface area (Å²) >= 11 is -5.83. The van der Waals surface area contributed by atoms with E-state index < -0.39 is 13.0 Å². The van der Waals surface area contributed by atoms with Crippen LogP contribution in [0.4, 0.5) is 0 Å². The van der Waals surface area contributed by atoms with Crippen molar-refractivity contribution in [1.82, 2.24) is 0 Å². The van der Waals surface area contributed by atoms with Gasteiger partial charge in [-0.3, -0.25) is 0 Å². The molecule has 96 valence electrons. The summed E-state index contributed by atoms with van der Waals surface area (Å²) in [6.45, 7) is 8.11. The van der Waals surface area contributed by atoms with E-state index in [0.717, 1.165) is 0 Å². The predicted octanol–water partition coefficient (Wildman–Crippen LogP) is 3.33. The zero-order valence-electron chi connectivity index (χ0n) is 9.63. The standard InChI is InChI=1S/4C2H5O.2ClH.W/c4*1-2-3;;;/h4*2H2,1H3;2*1H;/q4*-1;;;+6/p-2. The summed E-state index contributed by atoms with van der Waals surface area (Å²) in [5.41, 5.74) is 0. The van der Waals surface area contributed by atoms with E-state index in [1.807, 2.05) is 0 Å². The topological polar surface area (TPSA) is 36.9 Å². The Morgan fingerprint density at radius 1 is 0.667 bits per heavy atom. The first-order chi connectivity index (χ1) is 6.80. The van der Waals surface area contributed by atoms with Crippen LogP contribution in [0.25, 0.3) is 0 Å². The Balaban J connectivity index is 5.21. The summed E-state index contributed by atoms with van der Waals surface area (Å²) in [6.07, 6.45) is 0. The van der Waals surface area contributed by atoms with Crippen molar-refractivity contribution < 1.29 is 26.6 Å². The zero-order valence-corrected chi connectivity index (χ0v) is 14.1. The Hall–Kier alpha value is 1.11. The molecule has 0 fully saturated rings. The van der Waals surface area contributed by atoms with Gasteiger partial charge >= 0.3 is 99.5 Å². The SMILES string of the molecule is CC[O][W]([Cl])([Cl])([O]CC)([O]CC)[O]CC. The number of halogens is 2. The summed E-state index contributed by atoms with van der Waals surface area (Å²) in [6, 6.07) is 0. The van der Waals surface area contributed by atoms with Gasteiger partial charge in [0, 0.05) is 0 Å². The zero-order chi connectivity index (χ0) is 12.1. The average molecular weight is 435 g/mol. The van der Waals surface area contributed by atoms with Crippen LogP contribution in [0.1, 0.15) is 27.7 Å². The van der Waals surface area contributed by atoms with Crippen LogP contribution in [-0.4, -0.2) is 26.4 Å². The molecule has 0 aliphatic carbocycles. The van der Waals surface area contributed by atoms with Gasteiger partial charge in [-0.2, -0.15) is 0 Å². The van der Waals surface area contributed by atoms with E-state index >= 15 is 0 Å². The first-order valence-electron chi connectivity index (χ1n) is 4.96. The molecule has 0 aromatic rings. The van der Waals surface area contributed by atoms with Crippen LogP contribution in [0, 0.1) is 0 Å². The molecule has 0 saturated heterocycles. The van der Waals surface area contributed by atoms with Crippen molar-refractivity contribution in [3.63, 3.8) is 0 Å². The molecule has 0 aromatic heterocycles. The molecule has 0 aliphatic heterocycles. The first kappa shape index (κ1) is 16.1. The minimum atomic E-state index is -5.83. The molecule has 0 aliphatic rings. The second-order valence-electron chi connectivity index (χ2n) is 2.60. The van der Waals surface area contributed by atoms with E-state index in [1.165, 1.54) is 0 Å². The minimum absolute atomic E-state index is 0.268. The number of hydrogen-bond acceptors (Lipinski definition) is 4. The maximum atomic E-state index is 6.33. The second kappa shape index (κ2) is 5.17. The Labute approximate surface area is 99.3 Å². The second-order valence-corrected chi connectivity index (χ2v) is 25.0. The molecule has 0 spiro atoms. The summed E-state index contributed by atoms with van der Waals surface area (Å²) in [4.78, 5) is 0. The van der Waals surface area contributed by atoms with Gasteiger partial charge < -0.3 is 0 Å². The number of rotatable bonds is 8. The fraction of sp³-hybridized carbons (Fsp3) is 1.00. The van der Waals surface area contributed by atoms with Gasteiger partial charge in [-0.1, -0.05) is 0 Å². The van der Waals surface area contributed by atoms with Gasteiger partial charge in [0.1, 0.15) is 0 Å². The van der Waals surface area contributed by atoms with Crippen LogP contribution in [0.5, 0.6) is 0 Å². The van der Waals surface area contributed by atoms with Crippen molar-refractivity contribution >= 4 is 18.8 Å². The van der Waals surface area contributed by atoms with Gasteiger partial charge in [0.25, 0.3) is 0 Å². The third kappa shape index (κ3) is 4.12. The molecule has 0 aromatic carbocycles. The van der Waals surface area contributed by atoms with Crippen LogP contribution < -0.4 is 0 Å². The summed E-state index contributed by atoms with van der Waals surface area (Å²) < 4.78 is 21.6. The van der Waals surface area contributed by atoms with Gasteiger partial charge in [0.05, 0.1) is 0 Å². The normalized spacial score (nSPS) is 17.2. The Kier molecular flexibility index (Phi) is 5.56. The third-order valence-electron chi connectivity index (χ3n) is 1.41. The molecule has 4 nitrogen and oxygen atoms in total. The van der Waals surface area contributed by atoms with Crippen molar-refractivity contribution in [2.45, 2.75) is 27.7 Å². The summed E-state index contributed by atoms with van der Waals surface area (Å²) in [5, 5.41) is 0. The van der Waals surface area contributed by atoms with Crippen molar-refractivity contribution in [3.05, 3.63) is 0 Å². The molecule has 0 amide bonds. The predicted molar refractivity (Wildman–Crippen MR) is 58.2 cm³/mol. The Morgan fingerprint density at radius 3 is 1.00 bits per heavy atom. The fourth-order valence-corrected chi connectivity index (χ4v) is 15.1. The summed E-state index contributed by atoms with van der Waals surface area (Å²) in [7, 11) is 12.7. The molecular weight excluding hydrogens is 415 g/mol. The third-order valence-corrected chi connectivity index (χ3v) is 17.3. The first-order valence-corrected chi connectivity index (χ1v) is 17.0. The fourth-order valence-electron chi connectivity index (χ4n) is 1.14. The van der Waals surface area contributed by atoms with Crippen molar-refractivity contribution in [2.75, 3.05) is 26.4 Å². The van der Waals surface area contributed by atoms with E-state index in [2.05, 4.69) is 0 Å². The van der Waals surface area contributed by atoms with Crippen LogP contribution in [0.3, 0.4) is 0 Å². The van der Waals surface area contributed by atoms with E-state index in [9.17, 15) is 0 Å². The van der Waals surface area contributed by atoms with E-state index in [4.69, 9.17) is 32.4 Å². The van der Waals surface area contributed by atoms with Gasteiger partial charge in [0.15, 0.2) is 0 Å². The molecule has 0 radical (unpaired) electrons. The molecule has 0 N–H and O–H groups in total. The molecule has 0 atom stereocenters. The molecule has 0 saturated carbocycles. The Morgan fingerprint density at radius 2 is 0.867 bits per heavy atom. The van der Waals surface area contributed by atoms with Crippen molar-refractivity contribution in [3.8, 4) is 0 Å². The van der Waals surface area contributed by atoms with Crippen LogP contribution in [0.2, 0.25) is 0 Å². The molecule has 15 heavy (non-hydrogen) atoms. The van der Waals surface area contributed by atoms with E-state index in [1.54, 1.807) is 27.7 Å². The van der Waals surface area contributed by atoms with Gasteiger partial charge in [0.2, 0.25) is 0 Å². The molecule has 0 rings (SSSR count).